The molecule has 2 bridgehead atoms. The first-order valence-electron chi connectivity index (χ1n) is 14.2. The van der Waals surface area contributed by atoms with Crippen LogP contribution in [0.4, 0.5) is 0 Å². The summed E-state index contributed by atoms with van der Waals surface area (Å²) in [7, 11) is 0. The quantitative estimate of drug-likeness (QED) is 0.337. The molecule has 2 unspecified atom stereocenters. The van der Waals surface area contributed by atoms with Gasteiger partial charge in [0.05, 0.1) is 30.1 Å². The molecule has 3 aliphatic heterocycles. The zero-order valence-corrected chi connectivity index (χ0v) is 23.3. The Balaban J connectivity index is 2.14. The summed E-state index contributed by atoms with van der Waals surface area (Å²) in [5.74, 6) is -1.92. The van der Waals surface area contributed by atoms with Gasteiger partial charge in [0, 0.05) is 26.2 Å². The Kier molecular flexibility index (Phi) is 9.62. The van der Waals surface area contributed by atoms with Crippen molar-refractivity contribution in [3.05, 3.63) is 25.3 Å². The first kappa shape index (κ1) is 29.4. The van der Waals surface area contributed by atoms with E-state index in [1.807, 2.05) is 20.8 Å². The maximum atomic E-state index is 14.3. The van der Waals surface area contributed by atoms with Gasteiger partial charge in [0.1, 0.15) is 11.6 Å². The van der Waals surface area contributed by atoms with E-state index in [1.165, 1.54) is 0 Å². The molecular formula is C29H47N3O5. The Morgan fingerprint density at radius 1 is 1.08 bits per heavy atom. The van der Waals surface area contributed by atoms with Crippen molar-refractivity contribution in [2.45, 2.75) is 95.9 Å². The third-order valence-corrected chi connectivity index (χ3v) is 8.79. The number of unbranched alkanes of at least 4 members (excludes halogenated alkanes) is 1. The smallest absolute Gasteiger partial charge is 0.248 e. The first-order valence-corrected chi connectivity index (χ1v) is 14.2. The van der Waals surface area contributed by atoms with Crippen molar-refractivity contribution >= 4 is 17.7 Å². The highest BCUT2D eigenvalue weighted by atomic mass is 16.5. The van der Waals surface area contributed by atoms with Crippen LogP contribution in [0.2, 0.25) is 0 Å². The molecule has 0 saturated carbocycles. The first-order chi connectivity index (χ1) is 17.8. The van der Waals surface area contributed by atoms with Gasteiger partial charge in [0.25, 0.3) is 0 Å². The number of aliphatic hydroxyl groups excluding tert-OH is 1. The number of carbonyl (C=O) groups is 3. The van der Waals surface area contributed by atoms with Gasteiger partial charge in [0.15, 0.2) is 0 Å². The number of likely N-dealkylation sites (tertiary alicyclic amines) is 1. The minimum absolute atomic E-state index is 0.0949. The molecule has 3 heterocycles. The van der Waals surface area contributed by atoms with Crippen LogP contribution >= 0.6 is 0 Å². The monoisotopic (exact) mass is 517 g/mol. The Morgan fingerprint density at radius 2 is 1.73 bits per heavy atom. The normalized spacial score (nSPS) is 30.8. The molecule has 0 radical (unpaired) electrons. The van der Waals surface area contributed by atoms with E-state index >= 15 is 0 Å². The van der Waals surface area contributed by atoms with Crippen LogP contribution in [0.25, 0.3) is 0 Å². The van der Waals surface area contributed by atoms with Gasteiger partial charge in [-0.3, -0.25) is 14.4 Å². The summed E-state index contributed by atoms with van der Waals surface area (Å²) in [6, 6.07) is -1.39. The fourth-order valence-electron chi connectivity index (χ4n) is 7.00. The van der Waals surface area contributed by atoms with Crippen molar-refractivity contribution in [2.75, 3.05) is 32.8 Å². The standard InChI is InChI=1S/C29H47N3O5/c1-7-13-19-31(18-10-4)27(36)24-29-15-14-28(12-6,37-29)22(25(34)30(16-8-2)17-9-3)23(29)26(35)32(24)21(11-5)20-33/h8,10,21-24,33H,2,4,7,9,11-20H2,1,3,5-6H3/t21-,22-,23-,24?,28+,29?/m0/s1. The Hall–Kier alpha value is -2.19. The van der Waals surface area contributed by atoms with Gasteiger partial charge in [0.2, 0.25) is 17.7 Å². The van der Waals surface area contributed by atoms with Gasteiger partial charge in [-0.1, -0.05) is 46.3 Å². The van der Waals surface area contributed by atoms with E-state index in [4.69, 9.17) is 4.74 Å². The van der Waals surface area contributed by atoms with Crippen LogP contribution < -0.4 is 0 Å². The molecule has 208 valence electrons. The Bertz CT molecular complexity index is 874. The fraction of sp³-hybridized carbons (Fsp3) is 0.759. The molecule has 3 aliphatic rings. The molecule has 3 rings (SSSR count). The van der Waals surface area contributed by atoms with E-state index in [0.29, 0.717) is 51.9 Å². The van der Waals surface area contributed by atoms with E-state index in [2.05, 4.69) is 20.1 Å². The lowest BCUT2D eigenvalue weighted by Crippen LogP contribution is -2.59. The van der Waals surface area contributed by atoms with Crippen molar-refractivity contribution in [1.82, 2.24) is 14.7 Å². The number of carbonyl (C=O) groups excluding carboxylic acids is 3. The third kappa shape index (κ3) is 4.76. The summed E-state index contributed by atoms with van der Waals surface area (Å²) < 4.78 is 6.88. The summed E-state index contributed by atoms with van der Waals surface area (Å²) in [5.41, 5.74) is -1.85. The Morgan fingerprint density at radius 3 is 2.24 bits per heavy atom. The molecule has 8 nitrogen and oxygen atoms in total. The maximum absolute atomic E-state index is 14.3. The van der Waals surface area contributed by atoms with Crippen LogP contribution in [0.15, 0.2) is 25.3 Å². The second kappa shape index (κ2) is 12.1. The van der Waals surface area contributed by atoms with Gasteiger partial charge < -0.3 is 24.5 Å². The summed E-state index contributed by atoms with van der Waals surface area (Å²) >= 11 is 0. The second-order valence-corrected chi connectivity index (χ2v) is 10.8. The lowest BCUT2D eigenvalue weighted by atomic mass is 9.64. The van der Waals surface area contributed by atoms with E-state index < -0.39 is 35.1 Å². The van der Waals surface area contributed by atoms with Crippen LogP contribution in [-0.2, 0) is 19.1 Å². The van der Waals surface area contributed by atoms with Crippen molar-refractivity contribution in [1.29, 1.82) is 0 Å². The van der Waals surface area contributed by atoms with E-state index in [1.54, 1.807) is 26.9 Å². The van der Waals surface area contributed by atoms with Crippen LogP contribution in [-0.4, -0.2) is 93.6 Å². The van der Waals surface area contributed by atoms with Crippen molar-refractivity contribution in [3.8, 4) is 0 Å². The molecule has 37 heavy (non-hydrogen) atoms. The van der Waals surface area contributed by atoms with E-state index in [-0.39, 0.29) is 24.3 Å². The molecule has 6 atom stereocenters. The summed E-state index contributed by atoms with van der Waals surface area (Å²) in [6.45, 7) is 17.3. The maximum Gasteiger partial charge on any atom is 0.248 e. The van der Waals surface area contributed by atoms with E-state index in [9.17, 15) is 19.5 Å². The molecule has 0 aliphatic carbocycles. The highest BCUT2D eigenvalue weighted by Gasteiger charge is 2.79. The Labute approximate surface area is 222 Å². The van der Waals surface area contributed by atoms with Gasteiger partial charge in [-0.25, -0.2) is 0 Å². The molecule has 1 spiro atoms. The molecule has 1 N–H and O–H groups in total. The molecule has 3 fully saturated rings. The molecular weight excluding hydrogens is 470 g/mol. The number of ether oxygens (including phenoxy) is 1. The number of fused-ring (bicyclic) bond motifs is 1. The predicted octanol–water partition coefficient (Wildman–Crippen LogP) is 3.15. The minimum atomic E-state index is -1.08. The predicted molar refractivity (Wildman–Crippen MR) is 144 cm³/mol. The van der Waals surface area contributed by atoms with Crippen molar-refractivity contribution in [3.63, 3.8) is 0 Å². The van der Waals surface area contributed by atoms with Crippen molar-refractivity contribution in [2.24, 2.45) is 11.8 Å². The number of nitrogens with zero attached hydrogens (tertiary/aromatic N) is 3. The van der Waals surface area contributed by atoms with E-state index in [0.717, 1.165) is 19.3 Å². The highest BCUT2D eigenvalue weighted by Crippen LogP contribution is 2.65. The zero-order valence-electron chi connectivity index (χ0n) is 23.3. The minimum Gasteiger partial charge on any atom is -0.394 e. The molecule has 0 aromatic rings. The number of rotatable bonds is 15. The summed E-state index contributed by atoms with van der Waals surface area (Å²) in [6.07, 6.45) is 8.24. The molecule has 0 aromatic carbocycles. The fourth-order valence-corrected chi connectivity index (χ4v) is 7.00. The topological polar surface area (TPSA) is 90.4 Å². The van der Waals surface area contributed by atoms with Gasteiger partial charge in [-0.15, -0.1) is 13.2 Å². The summed E-state index contributed by atoms with van der Waals surface area (Å²) in [5, 5.41) is 10.3. The van der Waals surface area contributed by atoms with Gasteiger partial charge in [-0.05, 0) is 38.5 Å². The van der Waals surface area contributed by atoms with Crippen molar-refractivity contribution < 1.29 is 24.2 Å². The average molecular weight is 518 g/mol. The lowest BCUT2D eigenvalue weighted by Gasteiger charge is -2.39. The number of hydrogen-bond acceptors (Lipinski definition) is 5. The SMILES string of the molecule is C=CCN(CCCC)C(=O)C1N([C@@H](CC)CO)C(=O)[C@@H]2[C@@H](C(=O)N(CC=C)CCC)[C@@]3(CC)CCC12O3. The van der Waals surface area contributed by atoms with Crippen LogP contribution in [0.1, 0.15) is 72.6 Å². The average Bonchev–Trinajstić information content (AvgIpc) is 3.50. The van der Waals surface area contributed by atoms with Gasteiger partial charge in [-0.2, -0.15) is 0 Å². The zero-order chi connectivity index (χ0) is 27.4. The number of aliphatic hydroxyl groups is 1. The van der Waals surface area contributed by atoms with Crippen LogP contribution in [0.3, 0.4) is 0 Å². The van der Waals surface area contributed by atoms with Crippen LogP contribution in [0, 0.1) is 11.8 Å². The molecule has 8 heteroatoms. The third-order valence-electron chi connectivity index (χ3n) is 8.79. The number of amides is 3. The molecule has 3 saturated heterocycles. The molecule has 0 aromatic heterocycles. The summed E-state index contributed by atoms with van der Waals surface area (Å²) in [4.78, 5) is 47.8. The van der Waals surface area contributed by atoms with Gasteiger partial charge >= 0.3 is 0 Å². The molecule has 3 amide bonds. The lowest BCUT2D eigenvalue weighted by molar-refractivity contribution is -0.158. The van der Waals surface area contributed by atoms with Crippen LogP contribution in [0.5, 0.6) is 0 Å². The second-order valence-electron chi connectivity index (χ2n) is 10.8. The number of hydrogen-bond donors (Lipinski definition) is 1. The largest absolute Gasteiger partial charge is 0.394 e. The highest BCUT2D eigenvalue weighted by molar-refractivity contribution is 5.99.